The van der Waals surface area contributed by atoms with Gasteiger partial charge < -0.3 is 25.0 Å². The standard InChI is InChI=1S/C23H23F2N5O2/c1-13(2)30-6-8-32-22-16(24)9-14(10-19(22)30)21-17(25)12-27-23(29-21)28-15-3-4-20-18(11-15)26-5-7-31-20/h3-4,9-13,26H,5-8H2,1-2H3,(H,27,28,29). The zero-order valence-electron chi connectivity index (χ0n) is 17.8. The summed E-state index contributed by atoms with van der Waals surface area (Å²) in [5, 5.41) is 6.34. The van der Waals surface area contributed by atoms with E-state index >= 15 is 0 Å². The molecule has 2 aliphatic heterocycles. The van der Waals surface area contributed by atoms with Crippen LogP contribution in [0.3, 0.4) is 0 Å². The van der Waals surface area contributed by atoms with Crippen molar-refractivity contribution in [2.24, 2.45) is 0 Å². The van der Waals surface area contributed by atoms with Crippen molar-refractivity contribution >= 4 is 23.0 Å². The van der Waals surface area contributed by atoms with Crippen molar-refractivity contribution in [1.29, 1.82) is 0 Å². The highest BCUT2D eigenvalue weighted by Crippen LogP contribution is 2.39. The van der Waals surface area contributed by atoms with Gasteiger partial charge in [0.05, 0.1) is 24.1 Å². The molecule has 9 heteroatoms. The van der Waals surface area contributed by atoms with Crippen LogP contribution in [0.1, 0.15) is 13.8 Å². The molecule has 0 fully saturated rings. The summed E-state index contributed by atoms with van der Waals surface area (Å²) in [6, 6.07) is 8.64. The molecule has 0 amide bonds. The van der Waals surface area contributed by atoms with E-state index in [0.717, 1.165) is 23.3 Å². The predicted octanol–water partition coefficient (Wildman–Crippen LogP) is 4.58. The normalized spacial score (nSPS) is 14.7. The van der Waals surface area contributed by atoms with Gasteiger partial charge in [0.15, 0.2) is 17.4 Å². The fourth-order valence-electron chi connectivity index (χ4n) is 3.95. The van der Waals surface area contributed by atoms with Crippen LogP contribution >= 0.6 is 0 Å². The highest BCUT2D eigenvalue weighted by Gasteiger charge is 2.25. The van der Waals surface area contributed by atoms with Gasteiger partial charge >= 0.3 is 0 Å². The molecule has 32 heavy (non-hydrogen) atoms. The van der Waals surface area contributed by atoms with Crippen LogP contribution in [-0.4, -0.2) is 42.3 Å². The second kappa shape index (κ2) is 8.14. The SMILES string of the molecule is CC(C)N1CCOc2c(F)cc(-c3nc(Nc4ccc5c(c4)NCCO5)ncc3F)cc21. The van der Waals surface area contributed by atoms with E-state index < -0.39 is 11.6 Å². The second-order valence-electron chi connectivity index (χ2n) is 7.94. The van der Waals surface area contributed by atoms with E-state index in [-0.39, 0.29) is 23.4 Å². The average Bonchev–Trinajstić information content (AvgIpc) is 2.79. The van der Waals surface area contributed by atoms with Gasteiger partial charge in [0.2, 0.25) is 5.95 Å². The third kappa shape index (κ3) is 3.74. The Bertz CT molecular complexity index is 1170. The minimum atomic E-state index is -0.636. The molecule has 5 rings (SSSR count). The van der Waals surface area contributed by atoms with Crippen LogP contribution in [0, 0.1) is 11.6 Å². The lowest BCUT2D eigenvalue weighted by Gasteiger charge is -2.34. The van der Waals surface area contributed by atoms with Crippen LogP contribution < -0.4 is 25.0 Å². The fraction of sp³-hybridized carbons (Fsp3) is 0.304. The molecule has 7 nitrogen and oxygen atoms in total. The molecule has 0 bridgehead atoms. The first-order valence-electron chi connectivity index (χ1n) is 10.5. The zero-order valence-corrected chi connectivity index (χ0v) is 17.8. The Labute approximate surface area is 184 Å². The summed E-state index contributed by atoms with van der Waals surface area (Å²) < 4.78 is 40.6. The Hall–Kier alpha value is -3.62. The topological polar surface area (TPSA) is 71.5 Å². The number of hydrogen-bond donors (Lipinski definition) is 2. The zero-order chi connectivity index (χ0) is 22.2. The molecular formula is C23H23F2N5O2. The molecule has 2 N–H and O–H groups in total. The lowest BCUT2D eigenvalue weighted by Crippen LogP contribution is -2.38. The molecule has 0 unspecified atom stereocenters. The van der Waals surface area contributed by atoms with Crippen molar-refractivity contribution in [3.8, 4) is 22.8 Å². The summed E-state index contributed by atoms with van der Waals surface area (Å²) in [4.78, 5) is 10.4. The van der Waals surface area contributed by atoms with Gasteiger partial charge in [-0.2, -0.15) is 0 Å². The monoisotopic (exact) mass is 439 g/mol. The summed E-state index contributed by atoms with van der Waals surface area (Å²) in [5.41, 5.74) is 2.50. The van der Waals surface area contributed by atoms with Crippen LogP contribution in [0.2, 0.25) is 0 Å². The highest BCUT2D eigenvalue weighted by molar-refractivity contribution is 5.73. The molecule has 0 radical (unpaired) electrons. The molecule has 0 spiro atoms. The Morgan fingerprint density at radius 2 is 1.97 bits per heavy atom. The minimum Gasteiger partial charge on any atom is -0.490 e. The van der Waals surface area contributed by atoms with Crippen molar-refractivity contribution in [3.05, 3.63) is 48.2 Å². The smallest absolute Gasteiger partial charge is 0.227 e. The van der Waals surface area contributed by atoms with Gasteiger partial charge in [0.25, 0.3) is 0 Å². The first-order chi connectivity index (χ1) is 15.5. The summed E-state index contributed by atoms with van der Waals surface area (Å²) in [6.07, 6.45) is 1.08. The molecule has 0 saturated heterocycles. The van der Waals surface area contributed by atoms with Gasteiger partial charge in [-0.15, -0.1) is 0 Å². The van der Waals surface area contributed by atoms with Crippen molar-refractivity contribution in [1.82, 2.24) is 9.97 Å². The van der Waals surface area contributed by atoms with Crippen LogP contribution in [0.4, 0.5) is 31.8 Å². The van der Waals surface area contributed by atoms with Gasteiger partial charge in [-0.1, -0.05) is 0 Å². The van der Waals surface area contributed by atoms with E-state index in [9.17, 15) is 8.78 Å². The van der Waals surface area contributed by atoms with Crippen molar-refractivity contribution in [2.45, 2.75) is 19.9 Å². The molecule has 166 valence electrons. The van der Waals surface area contributed by atoms with E-state index in [2.05, 4.69) is 20.6 Å². The Balaban J connectivity index is 1.49. The number of anilines is 4. The maximum atomic E-state index is 14.8. The lowest BCUT2D eigenvalue weighted by molar-refractivity contribution is 0.287. The van der Waals surface area contributed by atoms with Crippen molar-refractivity contribution < 1.29 is 18.3 Å². The maximum Gasteiger partial charge on any atom is 0.227 e. The number of fused-ring (bicyclic) bond motifs is 2. The number of rotatable bonds is 4. The number of hydrogen-bond acceptors (Lipinski definition) is 7. The largest absolute Gasteiger partial charge is 0.490 e. The molecule has 0 aliphatic carbocycles. The quantitative estimate of drug-likeness (QED) is 0.617. The third-order valence-electron chi connectivity index (χ3n) is 5.46. The number of ether oxygens (including phenoxy) is 2. The molecule has 2 aliphatic rings. The number of nitrogens with zero attached hydrogens (tertiary/aromatic N) is 3. The second-order valence-corrected chi connectivity index (χ2v) is 7.94. The van der Waals surface area contributed by atoms with Crippen molar-refractivity contribution in [2.75, 3.05) is 41.8 Å². The van der Waals surface area contributed by atoms with Gasteiger partial charge in [0, 0.05) is 23.8 Å². The molecule has 1 aromatic heterocycles. The Morgan fingerprint density at radius 3 is 2.81 bits per heavy atom. The van der Waals surface area contributed by atoms with Gasteiger partial charge in [-0.05, 0) is 44.2 Å². The number of benzene rings is 2. The van der Waals surface area contributed by atoms with E-state index in [1.807, 2.05) is 36.9 Å². The third-order valence-corrected chi connectivity index (χ3v) is 5.46. The first kappa shape index (κ1) is 20.3. The number of aromatic nitrogens is 2. The van der Waals surface area contributed by atoms with E-state index in [4.69, 9.17) is 9.47 Å². The molecule has 0 atom stereocenters. The fourth-order valence-corrected chi connectivity index (χ4v) is 3.95. The lowest BCUT2D eigenvalue weighted by atomic mass is 10.1. The number of halogens is 2. The summed E-state index contributed by atoms with van der Waals surface area (Å²) in [6.45, 7) is 6.40. The van der Waals surface area contributed by atoms with E-state index in [0.29, 0.717) is 37.6 Å². The summed E-state index contributed by atoms with van der Waals surface area (Å²) in [7, 11) is 0. The van der Waals surface area contributed by atoms with Crippen LogP contribution in [-0.2, 0) is 0 Å². The van der Waals surface area contributed by atoms with Crippen molar-refractivity contribution in [3.63, 3.8) is 0 Å². The predicted molar refractivity (Wildman–Crippen MR) is 119 cm³/mol. The molecule has 3 heterocycles. The van der Waals surface area contributed by atoms with Crippen LogP contribution in [0.25, 0.3) is 11.3 Å². The average molecular weight is 439 g/mol. The van der Waals surface area contributed by atoms with E-state index in [1.54, 1.807) is 6.07 Å². The van der Waals surface area contributed by atoms with E-state index in [1.165, 1.54) is 6.07 Å². The van der Waals surface area contributed by atoms with Crippen LogP contribution in [0.5, 0.6) is 11.5 Å². The highest BCUT2D eigenvalue weighted by atomic mass is 19.1. The van der Waals surface area contributed by atoms with Crippen LogP contribution in [0.15, 0.2) is 36.5 Å². The summed E-state index contributed by atoms with van der Waals surface area (Å²) >= 11 is 0. The van der Waals surface area contributed by atoms with Gasteiger partial charge in [0.1, 0.15) is 24.7 Å². The first-order valence-corrected chi connectivity index (χ1v) is 10.5. The minimum absolute atomic E-state index is 0.0119. The molecule has 2 aromatic carbocycles. The van der Waals surface area contributed by atoms with Gasteiger partial charge in [-0.3, -0.25) is 0 Å². The van der Waals surface area contributed by atoms with Gasteiger partial charge in [-0.25, -0.2) is 18.7 Å². The Kier molecular flexibility index (Phi) is 5.16. The summed E-state index contributed by atoms with van der Waals surface area (Å²) in [5.74, 6) is -0.0261. The molecule has 3 aromatic rings. The number of nitrogens with one attached hydrogen (secondary N) is 2. The maximum absolute atomic E-state index is 14.8. The Morgan fingerprint density at radius 1 is 1.09 bits per heavy atom. The molecular weight excluding hydrogens is 416 g/mol. The molecule has 0 saturated carbocycles.